The van der Waals surface area contributed by atoms with Crippen LogP contribution in [0.15, 0.2) is 34.9 Å². The summed E-state index contributed by atoms with van der Waals surface area (Å²) in [4.78, 5) is 14.8. The van der Waals surface area contributed by atoms with Crippen LogP contribution in [0, 0.1) is 11.8 Å². The van der Waals surface area contributed by atoms with Gasteiger partial charge in [0.25, 0.3) is 5.91 Å². The number of para-hydroxylation sites is 1. The third-order valence-corrected chi connectivity index (χ3v) is 5.15. The van der Waals surface area contributed by atoms with Crippen LogP contribution in [0.5, 0.6) is 0 Å². The van der Waals surface area contributed by atoms with Gasteiger partial charge in [0.15, 0.2) is 0 Å². The molecule has 118 valence electrons. The molecule has 2 aromatic rings. The molecule has 22 heavy (non-hydrogen) atoms. The topological polar surface area (TPSA) is 59.5 Å². The first-order chi connectivity index (χ1) is 10.2. The Balaban J connectivity index is 0.00000144. The van der Waals surface area contributed by atoms with Crippen molar-refractivity contribution < 1.29 is 9.21 Å². The molecule has 2 N–H and O–H groups in total. The van der Waals surface area contributed by atoms with Crippen molar-refractivity contribution in [2.45, 2.75) is 25.3 Å². The summed E-state index contributed by atoms with van der Waals surface area (Å²) in [6, 6.07) is 7.95. The van der Waals surface area contributed by atoms with E-state index >= 15 is 0 Å². The van der Waals surface area contributed by atoms with Crippen LogP contribution in [0.4, 0.5) is 0 Å². The SMILES string of the molecule is Cl.NC1CCCC2CN(C(=O)c3coc4ccccc34)CC12. The van der Waals surface area contributed by atoms with Gasteiger partial charge < -0.3 is 15.1 Å². The number of benzene rings is 1. The summed E-state index contributed by atoms with van der Waals surface area (Å²) in [6.45, 7) is 1.64. The average molecular weight is 321 g/mol. The summed E-state index contributed by atoms with van der Waals surface area (Å²) < 4.78 is 5.50. The Morgan fingerprint density at radius 3 is 2.86 bits per heavy atom. The molecule has 1 aliphatic heterocycles. The number of halogens is 1. The summed E-state index contributed by atoms with van der Waals surface area (Å²) in [6.07, 6.45) is 5.08. The molecular weight excluding hydrogens is 300 g/mol. The van der Waals surface area contributed by atoms with Gasteiger partial charge in [0.05, 0.1) is 5.56 Å². The number of hydrogen-bond donors (Lipinski definition) is 1. The van der Waals surface area contributed by atoms with E-state index < -0.39 is 0 Å². The summed E-state index contributed by atoms with van der Waals surface area (Å²) in [5.41, 5.74) is 7.69. The van der Waals surface area contributed by atoms with Crippen molar-refractivity contribution in [2.24, 2.45) is 17.6 Å². The van der Waals surface area contributed by atoms with E-state index in [1.807, 2.05) is 29.2 Å². The minimum Gasteiger partial charge on any atom is -0.463 e. The lowest BCUT2D eigenvalue weighted by Crippen LogP contribution is -2.38. The van der Waals surface area contributed by atoms with Gasteiger partial charge in [0, 0.05) is 24.5 Å². The number of furan rings is 1. The molecule has 3 unspecified atom stereocenters. The quantitative estimate of drug-likeness (QED) is 0.878. The number of hydrogen-bond acceptors (Lipinski definition) is 3. The molecule has 3 atom stereocenters. The minimum atomic E-state index is 0. The van der Waals surface area contributed by atoms with Gasteiger partial charge >= 0.3 is 0 Å². The normalized spacial score (nSPS) is 27.5. The third kappa shape index (κ3) is 2.40. The zero-order chi connectivity index (χ0) is 14.4. The fourth-order valence-electron chi connectivity index (χ4n) is 4.00. The van der Waals surface area contributed by atoms with E-state index in [1.165, 1.54) is 12.8 Å². The van der Waals surface area contributed by atoms with E-state index in [0.29, 0.717) is 17.4 Å². The molecule has 1 saturated heterocycles. The molecule has 4 nitrogen and oxygen atoms in total. The van der Waals surface area contributed by atoms with Crippen LogP contribution in [-0.2, 0) is 0 Å². The van der Waals surface area contributed by atoms with Crippen molar-refractivity contribution >= 4 is 29.3 Å². The Kier molecular flexibility index (Phi) is 4.15. The maximum atomic E-state index is 12.8. The predicted octanol–water partition coefficient (Wildman–Crippen LogP) is 3.05. The molecule has 2 fully saturated rings. The summed E-state index contributed by atoms with van der Waals surface area (Å²) in [5.74, 6) is 1.14. The highest BCUT2D eigenvalue weighted by molar-refractivity contribution is 6.06. The van der Waals surface area contributed by atoms with E-state index in [4.69, 9.17) is 10.2 Å². The molecule has 0 radical (unpaired) electrons. The van der Waals surface area contributed by atoms with Gasteiger partial charge in [0.1, 0.15) is 11.8 Å². The van der Waals surface area contributed by atoms with Gasteiger partial charge in [-0.05, 0) is 30.7 Å². The predicted molar refractivity (Wildman–Crippen MR) is 88.2 cm³/mol. The lowest BCUT2D eigenvalue weighted by atomic mass is 9.78. The number of rotatable bonds is 1. The molecule has 4 rings (SSSR count). The fourth-order valence-corrected chi connectivity index (χ4v) is 4.00. The van der Waals surface area contributed by atoms with Crippen LogP contribution in [0.2, 0.25) is 0 Å². The maximum Gasteiger partial charge on any atom is 0.257 e. The summed E-state index contributed by atoms with van der Waals surface area (Å²) in [7, 11) is 0. The second kappa shape index (κ2) is 5.94. The van der Waals surface area contributed by atoms with Gasteiger partial charge in [-0.15, -0.1) is 12.4 Å². The maximum absolute atomic E-state index is 12.8. The first-order valence-corrected chi connectivity index (χ1v) is 7.75. The van der Waals surface area contributed by atoms with E-state index in [0.717, 1.165) is 30.5 Å². The smallest absolute Gasteiger partial charge is 0.257 e. The molecular formula is C17H21ClN2O2. The molecule has 1 amide bonds. The number of fused-ring (bicyclic) bond motifs is 2. The lowest BCUT2D eigenvalue weighted by Gasteiger charge is -2.29. The molecule has 1 aliphatic carbocycles. The average Bonchev–Trinajstić information content (AvgIpc) is 3.11. The van der Waals surface area contributed by atoms with E-state index in [9.17, 15) is 4.79 Å². The standard InChI is InChI=1S/C17H20N2O2.ClH/c18-15-6-3-4-11-8-19(9-13(11)15)17(20)14-10-21-16-7-2-1-5-12(14)16;/h1-2,5,7,10-11,13,15H,3-4,6,8-9,18H2;1H. The molecule has 5 heteroatoms. The third-order valence-electron chi connectivity index (χ3n) is 5.15. The number of nitrogens with zero attached hydrogens (tertiary/aromatic N) is 1. The Morgan fingerprint density at radius 1 is 1.23 bits per heavy atom. The van der Waals surface area contributed by atoms with Gasteiger partial charge in [0.2, 0.25) is 0 Å². The van der Waals surface area contributed by atoms with Crippen molar-refractivity contribution in [3.63, 3.8) is 0 Å². The lowest BCUT2D eigenvalue weighted by molar-refractivity contribution is 0.0784. The van der Waals surface area contributed by atoms with E-state index in [-0.39, 0.29) is 24.4 Å². The molecule has 2 heterocycles. The molecule has 0 spiro atoms. The molecule has 1 saturated carbocycles. The van der Waals surface area contributed by atoms with Gasteiger partial charge in [-0.1, -0.05) is 24.6 Å². The van der Waals surface area contributed by atoms with Crippen LogP contribution in [0.1, 0.15) is 29.6 Å². The highest BCUT2D eigenvalue weighted by atomic mass is 35.5. The Morgan fingerprint density at radius 2 is 2.05 bits per heavy atom. The molecule has 0 bridgehead atoms. The van der Waals surface area contributed by atoms with Gasteiger partial charge in [-0.25, -0.2) is 0 Å². The second-order valence-corrected chi connectivity index (χ2v) is 6.37. The zero-order valence-electron chi connectivity index (χ0n) is 12.4. The first kappa shape index (κ1) is 15.4. The van der Waals surface area contributed by atoms with E-state index in [2.05, 4.69) is 0 Å². The first-order valence-electron chi connectivity index (χ1n) is 7.75. The fraction of sp³-hybridized carbons (Fsp3) is 0.471. The number of carbonyl (C=O) groups is 1. The number of likely N-dealkylation sites (tertiary alicyclic amines) is 1. The van der Waals surface area contributed by atoms with Gasteiger partial charge in [-0.3, -0.25) is 4.79 Å². The van der Waals surface area contributed by atoms with Crippen LogP contribution < -0.4 is 5.73 Å². The zero-order valence-corrected chi connectivity index (χ0v) is 13.2. The van der Waals surface area contributed by atoms with Gasteiger partial charge in [-0.2, -0.15) is 0 Å². The molecule has 2 aliphatic rings. The monoisotopic (exact) mass is 320 g/mol. The van der Waals surface area contributed by atoms with Crippen molar-refractivity contribution in [1.82, 2.24) is 4.90 Å². The number of amides is 1. The highest BCUT2D eigenvalue weighted by Crippen LogP contribution is 2.36. The van der Waals surface area contributed by atoms with Crippen molar-refractivity contribution in [3.8, 4) is 0 Å². The number of carbonyl (C=O) groups excluding carboxylic acids is 1. The Labute approximate surface area is 136 Å². The molecule has 1 aromatic heterocycles. The Bertz CT molecular complexity index is 684. The van der Waals surface area contributed by atoms with Crippen molar-refractivity contribution in [1.29, 1.82) is 0 Å². The second-order valence-electron chi connectivity index (χ2n) is 6.37. The minimum absolute atomic E-state index is 0. The van der Waals surface area contributed by atoms with Crippen LogP contribution in [0.3, 0.4) is 0 Å². The van der Waals surface area contributed by atoms with Crippen molar-refractivity contribution in [3.05, 3.63) is 36.1 Å². The Hall–Kier alpha value is -1.52. The largest absolute Gasteiger partial charge is 0.463 e. The molecule has 1 aromatic carbocycles. The van der Waals surface area contributed by atoms with Crippen LogP contribution in [0.25, 0.3) is 11.0 Å². The van der Waals surface area contributed by atoms with Crippen molar-refractivity contribution in [2.75, 3.05) is 13.1 Å². The highest BCUT2D eigenvalue weighted by Gasteiger charge is 2.40. The van der Waals surface area contributed by atoms with Crippen LogP contribution in [-0.4, -0.2) is 29.9 Å². The summed E-state index contributed by atoms with van der Waals surface area (Å²) >= 11 is 0. The number of nitrogens with two attached hydrogens (primary N) is 1. The van der Waals surface area contributed by atoms with E-state index in [1.54, 1.807) is 6.26 Å². The summed E-state index contributed by atoms with van der Waals surface area (Å²) in [5, 5.41) is 0.904. The van der Waals surface area contributed by atoms with Crippen LogP contribution >= 0.6 is 12.4 Å².